The number of aromatic nitrogens is 1. The molecule has 0 aliphatic heterocycles. The molecule has 1 amide bonds. The van der Waals surface area contributed by atoms with Crippen LogP contribution in [-0.2, 0) is 20.7 Å². The van der Waals surface area contributed by atoms with Crippen molar-refractivity contribution in [2.45, 2.75) is 25.3 Å². The maximum absolute atomic E-state index is 12.2. The van der Waals surface area contributed by atoms with Gasteiger partial charge in [0.25, 0.3) is 5.91 Å². The van der Waals surface area contributed by atoms with Gasteiger partial charge in [-0.15, -0.1) is 0 Å². The van der Waals surface area contributed by atoms with Crippen molar-refractivity contribution in [3.63, 3.8) is 0 Å². The molecule has 6 heteroatoms. The molecule has 3 aromatic rings. The molecule has 0 radical (unpaired) electrons. The third-order valence-electron chi connectivity index (χ3n) is 4.72. The van der Waals surface area contributed by atoms with E-state index in [9.17, 15) is 9.59 Å². The van der Waals surface area contributed by atoms with Crippen LogP contribution in [0.25, 0.3) is 17.2 Å². The van der Waals surface area contributed by atoms with E-state index in [1.807, 2.05) is 36.4 Å². The Morgan fingerprint density at radius 2 is 2.00 bits per heavy atom. The fourth-order valence-corrected chi connectivity index (χ4v) is 3.43. The summed E-state index contributed by atoms with van der Waals surface area (Å²) in [6.07, 6.45) is 5.56. The molecule has 0 saturated carbocycles. The molecule has 0 saturated heterocycles. The zero-order chi connectivity index (χ0) is 19.3. The van der Waals surface area contributed by atoms with Gasteiger partial charge in [-0.1, -0.05) is 36.4 Å². The number of ether oxygens (including phenoxy) is 1. The van der Waals surface area contributed by atoms with Gasteiger partial charge in [-0.05, 0) is 42.5 Å². The summed E-state index contributed by atoms with van der Waals surface area (Å²) in [4.78, 5) is 28.3. The number of carbonyl (C=O) groups is 2. The second-order valence-electron chi connectivity index (χ2n) is 6.67. The first-order valence-corrected chi connectivity index (χ1v) is 9.26. The van der Waals surface area contributed by atoms with E-state index in [0.717, 1.165) is 24.8 Å². The molecule has 0 spiro atoms. The highest BCUT2D eigenvalue weighted by Crippen LogP contribution is 2.29. The van der Waals surface area contributed by atoms with Crippen molar-refractivity contribution in [3.8, 4) is 0 Å². The molecule has 1 aromatic heterocycles. The van der Waals surface area contributed by atoms with Crippen LogP contribution in [0.2, 0.25) is 0 Å². The molecule has 1 heterocycles. The van der Waals surface area contributed by atoms with Gasteiger partial charge in [0.05, 0.1) is 6.04 Å². The number of hydrogen-bond donors (Lipinski definition) is 1. The van der Waals surface area contributed by atoms with E-state index in [4.69, 9.17) is 9.15 Å². The monoisotopic (exact) mass is 376 g/mol. The summed E-state index contributed by atoms with van der Waals surface area (Å²) in [6, 6.07) is 15.4. The first-order chi connectivity index (χ1) is 13.7. The third kappa shape index (κ3) is 4.11. The Hall–Kier alpha value is -3.41. The van der Waals surface area contributed by atoms with Crippen LogP contribution in [-0.4, -0.2) is 23.5 Å². The van der Waals surface area contributed by atoms with Crippen LogP contribution in [0.1, 0.15) is 35.9 Å². The van der Waals surface area contributed by atoms with Crippen molar-refractivity contribution in [2.75, 3.05) is 6.61 Å². The van der Waals surface area contributed by atoms with Gasteiger partial charge in [0.1, 0.15) is 5.52 Å². The largest absolute Gasteiger partial charge is 0.452 e. The maximum atomic E-state index is 12.2. The van der Waals surface area contributed by atoms with E-state index in [2.05, 4.69) is 16.4 Å². The standard InChI is InChI=1S/C22H20N2O4/c25-20(23-17-10-5-7-15-6-1-2-8-16(15)17)14-27-22(26)13-12-21-24-18-9-3-4-11-19(18)28-21/h1-4,6,8-9,11-13,17H,5,7,10,14H2,(H,23,25)/b13-12+/t17-/m1/s1. The third-order valence-corrected chi connectivity index (χ3v) is 4.72. The second-order valence-corrected chi connectivity index (χ2v) is 6.67. The van der Waals surface area contributed by atoms with E-state index in [0.29, 0.717) is 17.0 Å². The van der Waals surface area contributed by atoms with Crippen molar-refractivity contribution in [3.05, 3.63) is 71.6 Å². The number of benzene rings is 2. The molecule has 1 aliphatic rings. The number of hydrogen-bond acceptors (Lipinski definition) is 5. The fourth-order valence-electron chi connectivity index (χ4n) is 3.43. The topological polar surface area (TPSA) is 81.4 Å². The highest BCUT2D eigenvalue weighted by molar-refractivity contribution is 5.89. The summed E-state index contributed by atoms with van der Waals surface area (Å²) in [6.45, 7) is -0.324. The van der Waals surface area contributed by atoms with Crippen LogP contribution in [0.3, 0.4) is 0 Å². The zero-order valence-electron chi connectivity index (χ0n) is 15.3. The number of carbonyl (C=O) groups excluding carboxylic acids is 2. The Bertz CT molecular complexity index is 1000. The van der Waals surface area contributed by atoms with Crippen molar-refractivity contribution in [2.24, 2.45) is 0 Å². The summed E-state index contributed by atoms with van der Waals surface area (Å²) in [5.41, 5.74) is 3.76. The van der Waals surface area contributed by atoms with Gasteiger partial charge < -0.3 is 14.5 Å². The van der Waals surface area contributed by atoms with Crippen LogP contribution in [0, 0.1) is 0 Å². The van der Waals surface area contributed by atoms with Gasteiger partial charge in [0.15, 0.2) is 12.2 Å². The van der Waals surface area contributed by atoms with E-state index in [-0.39, 0.29) is 18.6 Å². The number of rotatable bonds is 5. The van der Waals surface area contributed by atoms with Gasteiger partial charge in [0, 0.05) is 12.2 Å². The molecule has 1 aliphatic carbocycles. The Morgan fingerprint density at radius 1 is 1.18 bits per heavy atom. The highest BCUT2D eigenvalue weighted by Gasteiger charge is 2.21. The van der Waals surface area contributed by atoms with Crippen LogP contribution >= 0.6 is 0 Å². The first-order valence-electron chi connectivity index (χ1n) is 9.26. The van der Waals surface area contributed by atoms with Crippen LogP contribution in [0.4, 0.5) is 0 Å². The van der Waals surface area contributed by atoms with Gasteiger partial charge in [0.2, 0.25) is 5.89 Å². The predicted molar refractivity (Wildman–Crippen MR) is 104 cm³/mol. The van der Waals surface area contributed by atoms with Crippen LogP contribution in [0.5, 0.6) is 0 Å². The van der Waals surface area contributed by atoms with Crippen molar-refractivity contribution >= 4 is 29.1 Å². The van der Waals surface area contributed by atoms with Gasteiger partial charge in [-0.3, -0.25) is 4.79 Å². The van der Waals surface area contributed by atoms with Gasteiger partial charge >= 0.3 is 5.97 Å². The van der Waals surface area contributed by atoms with Crippen LogP contribution < -0.4 is 5.32 Å². The number of para-hydroxylation sites is 2. The summed E-state index contributed by atoms with van der Waals surface area (Å²) < 4.78 is 10.5. The Balaban J connectivity index is 1.29. The fraction of sp³-hybridized carbons (Fsp3) is 0.227. The number of nitrogens with one attached hydrogen (secondary N) is 1. The molecule has 142 valence electrons. The molecule has 1 atom stereocenters. The lowest BCUT2D eigenvalue weighted by atomic mass is 9.88. The Labute approximate surface area is 162 Å². The average Bonchev–Trinajstić information content (AvgIpc) is 3.14. The first kappa shape index (κ1) is 18.0. The number of esters is 1. The molecule has 28 heavy (non-hydrogen) atoms. The minimum absolute atomic E-state index is 0.0357. The number of aryl methyl sites for hydroxylation is 1. The molecule has 1 N–H and O–H groups in total. The Kier molecular flexibility index (Phi) is 5.19. The lowest BCUT2D eigenvalue weighted by Gasteiger charge is -2.26. The number of amides is 1. The summed E-state index contributed by atoms with van der Waals surface area (Å²) in [7, 11) is 0. The minimum Gasteiger partial charge on any atom is -0.452 e. The summed E-state index contributed by atoms with van der Waals surface area (Å²) in [5, 5.41) is 2.95. The second kappa shape index (κ2) is 8.08. The van der Waals surface area contributed by atoms with Crippen molar-refractivity contribution in [1.82, 2.24) is 10.3 Å². The van der Waals surface area contributed by atoms with E-state index < -0.39 is 5.97 Å². The lowest BCUT2D eigenvalue weighted by Crippen LogP contribution is -2.34. The number of oxazole rings is 1. The molecule has 2 aromatic carbocycles. The number of nitrogens with zero attached hydrogens (tertiary/aromatic N) is 1. The molecule has 6 nitrogen and oxygen atoms in total. The molecule has 4 rings (SSSR count). The highest BCUT2D eigenvalue weighted by atomic mass is 16.5. The lowest BCUT2D eigenvalue weighted by molar-refractivity contribution is -0.144. The van der Waals surface area contributed by atoms with Crippen LogP contribution in [0.15, 0.2) is 59.0 Å². The summed E-state index contributed by atoms with van der Waals surface area (Å²) >= 11 is 0. The SMILES string of the molecule is O=C(COC(=O)/C=C/c1nc2ccccc2o1)N[C@@H]1CCCc2ccccc21. The van der Waals surface area contributed by atoms with E-state index >= 15 is 0 Å². The molecule has 0 unspecified atom stereocenters. The van der Waals surface area contributed by atoms with Gasteiger partial charge in [-0.25, -0.2) is 9.78 Å². The summed E-state index contributed by atoms with van der Waals surface area (Å²) in [5.74, 6) is -0.631. The minimum atomic E-state index is -0.624. The van der Waals surface area contributed by atoms with Crippen molar-refractivity contribution < 1.29 is 18.7 Å². The normalized spacial score (nSPS) is 16.1. The molecule has 0 fully saturated rings. The van der Waals surface area contributed by atoms with Crippen molar-refractivity contribution in [1.29, 1.82) is 0 Å². The number of fused-ring (bicyclic) bond motifs is 2. The van der Waals surface area contributed by atoms with Gasteiger partial charge in [-0.2, -0.15) is 0 Å². The zero-order valence-corrected chi connectivity index (χ0v) is 15.3. The van der Waals surface area contributed by atoms with E-state index in [1.54, 1.807) is 6.07 Å². The van der Waals surface area contributed by atoms with E-state index in [1.165, 1.54) is 17.7 Å². The molecular weight excluding hydrogens is 356 g/mol. The Morgan fingerprint density at radius 3 is 2.89 bits per heavy atom. The quantitative estimate of drug-likeness (QED) is 0.544. The maximum Gasteiger partial charge on any atom is 0.331 e. The average molecular weight is 376 g/mol. The predicted octanol–water partition coefficient (Wildman–Crippen LogP) is 3.58. The molecule has 0 bridgehead atoms. The molecular formula is C22H20N2O4. The smallest absolute Gasteiger partial charge is 0.331 e.